The average molecular weight is 303 g/mol. The molecule has 1 aromatic carbocycles. The van der Waals surface area contributed by atoms with E-state index in [4.69, 9.17) is 5.73 Å². The van der Waals surface area contributed by atoms with E-state index in [9.17, 15) is 9.59 Å². The van der Waals surface area contributed by atoms with Crippen molar-refractivity contribution in [2.45, 2.75) is 38.8 Å². The second kappa shape index (κ2) is 7.40. The highest BCUT2D eigenvalue weighted by atomic mass is 16.2. The molecule has 0 radical (unpaired) electrons. The first-order chi connectivity index (χ1) is 10.5. The number of nitrogens with zero attached hydrogens (tertiary/aromatic N) is 1. The second-order valence-corrected chi connectivity index (χ2v) is 6.11. The molecule has 5 heteroatoms. The quantitative estimate of drug-likeness (QED) is 0.882. The fourth-order valence-electron chi connectivity index (χ4n) is 2.95. The molecule has 1 saturated heterocycles. The average Bonchev–Trinajstić information content (AvgIpc) is 2.54. The maximum atomic E-state index is 12.6. The van der Waals surface area contributed by atoms with E-state index < -0.39 is 6.04 Å². The molecule has 1 aromatic rings. The molecule has 5 nitrogen and oxygen atoms in total. The van der Waals surface area contributed by atoms with Crippen LogP contribution in [0.4, 0.5) is 0 Å². The van der Waals surface area contributed by atoms with E-state index in [2.05, 4.69) is 12.2 Å². The monoisotopic (exact) mass is 303 g/mol. The topological polar surface area (TPSA) is 75.4 Å². The van der Waals surface area contributed by atoms with Crippen molar-refractivity contribution in [3.05, 3.63) is 35.9 Å². The Kier molecular flexibility index (Phi) is 5.55. The number of amides is 2. The van der Waals surface area contributed by atoms with Crippen LogP contribution in [-0.2, 0) is 4.79 Å². The fraction of sp³-hybridized carbons (Fsp3) is 0.529. The minimum Gasteiger partial charge on any atom is -0.341 e. The molecule has 22 heavy (non-hydrogen) atoms. The van der Waals surface area contributed by atoms with Crippen molar-refractivity contribution in [1.29, 1.82) is 0 Å². The smallest absolute Gasteiger partial charge is 0.251 e. The summed E-state index contributed by atoms with van der Waals surface area (Å²) in [6, 6.07) is 8.46. The minimum atomic E-state index is -0.546. The highest BCUT2D eigenvalue weighted by Crippen LogP contribution is 2.22. The molecule has 2 amide bonds. The van der Waals surface area contributed by atoms with Crippen molar-refractivity contribution in [1.82, 2.24) is 10.2 Å². The zero-order chi connectivity index (χ0) is 16.1. The standard InChI is InChI=1S/C17H25N3O2/c1-12-8-9-20(15(10-12)11-18)17(22)13(2)19-16(21)14-6-4-3-5-7-14/h3-7,12-13,15H,8-11,18H2,1-2H3,(H,19,21). The van der Waals surface area contributed by atoms with Gasteiger partial charge in [0.25, 0.3) is 5.91 Å². The van der Waals surface area contributed by atoms with Gasteiger partial charge in [0.1, 0.15) is 6.04 Å². The Hall–Kier alpha value is -1.88. The largest absolute Gasteiger partial charge is 0.341 e. The Bertz CT molecular complexity index is 518. The maximum Gasteiger partial charge on any atom is 0.251 e. The third-order valence-corrected chi connectivity index (χ3v) is 4.29. The molecule has 3 N–H and O–H groups in total. The number of rotatable bonds is 4. The molecular weight excluding hydrogens is 278 g/mol. The van der Waals surface area contributed by atoms with Crippen LogP contribution in [0.5, 0.6) is 0 Å². The summed E-state index contributed by atoms with van der Waals surface area (Å²) in [7, 11) is 0. The predicted molar refractivity (Wildman–Crippen MR) is 86.3 cm³/mol. The van der Waals surface area contributed by atoms with Gasteiger partial charge in [-0.1, -0.05) is 25.1 Å². The van der Waals surface area contributed by atoms with Gasteiger partial charge in [0.15, 0.2) is 0 Å². The van der Waals surface area contributed by atoms with Crippen LogP contribution in [0.1, 0.15) is 37.0 Å². The van der Waals surface area contributed by atoms with Gasteiger partial charge in [0.2, 0.25) is 5.91 Å². The van der Waals surface area contributed by atoms with Gasteiger partial charge in [0, 0.05) is 24.7 Å². The second-order valence-electron chi connectivity index (χ2n) is 6.11. The van der Waals surface area contributed by atoms with Crippen LogP contribution in [0.3, 0.4) is 0 Å². The zero-order valence-electron chi connectivity index (χ0n) is 13.3. The van der Waals surface area contributed by atoms with E-state index in [-0.39, 0.29) is 17.9 Å². The number of likely N-dealkylation sites (tertiary alicyclic amines) is 1. The van der Waals surface area contributed by atoms with Gasteiger partial charge in [-0.3, -0.25) is 9.59 Å². The molecule has 1 heterocycles. The summed E-state index contributed by atoms with van der Waals surface area (Å²) in [5.41, 5.74) is 6.36. The first-order valence-corrected chi connectivity index (χ1v) is 7.89. The number of nitrogens with one attached hydrogen (secondary N) is 1. The van der Waals surface area contributed by atoms with Crippen LogP contribution in [0.25, 0.3) is 0 Å². The summed E-state index contributed by atoms with van der Waals surface area (Å²) in [5.74, 6) is 0.314. The lowest BCUT2D eigenvalue weighted by Crippen LogP contribution is -2.55. The Morgan fingerprint density at radius 1 is 1.36 bits per heavy atom. The van der Waals surface area contributed by atoms with Crippen LogP contribution < -0.4 is 11.1 Å². The van der Waals surface area contributed by atoms with Gasteiger partial charge >= 0.3 is 0 Å². The molecule has 0 aliphatic carbocycles. The predicted octanol–water partition coefficient (Wildman–Crippen LogP) is 1.39. The van der Waals surface area contributed by atoms with Gasteiger partial charge in [-0.05, 0) is 37.8 Å². The van der Waals surface area contributed by atoms with Gasteiger partial charge < -0.3 is 16.0 Å². The molecule has 1 fully saturated rings. The van der Waals surface area contributed by atoms with Gasteiger partial charge in [-0.15, -0.1) is 0 Å². The lowest BCUT2D eigenvalue weighted by molar-refractivity contribution is -0.136. The number of carbonyl (C=O) groups is 2. The number of nitrogens with two attached hydrogens (primary N) is 1. The highest BCUT2D eigenvalue weighted by Gasteiger charge is 2.31. The van der Waals surface area contributed by atoms with Crippen molar-refractivity contribution >= 4 is 11.8 Å². The number of benzene rings is 1. The van der Waals surface area contributed by atoms with E-state index in [1.165, 1.54) is 0 Å². The Balaban J connectivity index is 1.98. The number of hydrogen-bond acceptors (Lipinski definition) is 3. The van der Waals surface area contributed by atoms with Crippen LogP contribution in [0.2, 0.25) is 0 Å². The van der Waals surface area contributed by atoms with Gasteiger partial charge in [0.05, 0.1) is 0 Å². The lowest BCUT2D eigenvalue weighted by Gasteiger charge is -2.39. The number of piperidine rings is 1. The van der Waals surface area contributed by atoms with Crippen LogP contribution in [0.15, 0.2) is 30.3 Å². The van der Waals surface area contributed by atoms with E-state index >= 15 is 0 Å². The van der Waals surface area contributed by atoms with Crippen molar-refractivity contribution in [3.63, 3.8) is 0 Å². The first kappa shape index (κ1) is 16.5. The van der Waals surface area contributed by atoms with Crippen LogP contribution >= 0.6 is 0 Å². The lowest BCUT2D eigenvalue weighted by atomic mass is 9.92. The Morgan fingerprint density at radius 3 is 2.68 bits per heavy atom. The van der Waals surface area contributed by atoms with Crippen molar-refractivity contribution in [2.75, 3.05) is 13.1 Å². The molecule has 0 saturated carbocycles. The summed E-state index contributed by atoms with van der Waals surface area (Å²) < 4.78 is 0. The third kappa shape index (κ3) is 3.85. The molecule has 1 aliphatic heterocycles. The molecule has 0 bridgehead atoms. The Morgan fingerprint density at radius 2 is 2.05 bits per heavy atom. The normalized spacial score (nSPS) is 23.0. The minimum absolute atomic E-state index is 0.0494. The fourth-order valence-corrected chi connectivity index (χ4v) is 2.95. The molecule has 0 aromatic heterocycles. The van der Waals surface area contributed by atoms with E-state index in [0.29, 0.717) is 24.6 Å². The SMILES string of the molecule is CC1CCN(C(=O)C(C)NC(=O)c2ccccc2)C(CN)C1. The van der Waals surface area contributed by atoms with E-state index in [0.717, 1.165) is 12.8 Å². The molecule has 2 rings (SSSR count). The third-order valence-electron chi connectivity index (χ3n) is 4.29. The summed E-state index contributed by atoms with van der Waals surface area (Å²) in [5, 5.41) is 2.78. The molecular formula is C17H25N3O2. The summed E-state index contributed by atoms with van der Waals surface area (Å²) in [4.78, 5) is 26.6. The zero-order valence-corrected chi connectivity index (χ0v) is 13.3. The molecule has 120 valence electrons. The number of hydrogen-bond donors (Lipinski definition) is 2. The van der Waals surface area contributed by atoms with Gasteiger partial charge in [-0.25, -0.2) is 0 Å². The van der Waals surface area contributed by atoms with Crippen molar-refractivity contribution in [3.8, 4) is 0 Å². The highest BCUT2D eigenvalue weighted by molar-refractivity contribution is 5.97. The number of carbonyl (C=O) groups excluding carboxylic acids is 2. The van der Waals surface area contributed by atoms with E-state index in [1.807, 2.05) is 11.0 Å². The summed E-state index contributed by atoms with van der Waals surface area (Å²) >= 11 is 0. The van der Waals surface area contributed by atoms with Crippen LogP contribution in [-0.4, -0.2) is 41.9 Å². The molecule has 0 spiro atoms. The molecule has 3 atom stereocenters. The summed E-state index contributed by atoms with van der Waals surface area (Å²) in [6.45, 7) is 5.10. The summed E-state index contributed by atoms with van der Waals surface area (Å²) in [6.07, 6.45) is 1.92. The maximum absolute atomic E-state index is 12.6. The van der Waals surface area contributed by atoms with Crippen LogP contribution in [0, 0.1) is 5.92 Å². The molecule has 3 unspecified atom stereocenters. The van der Waals surface area contributed by atoms with Crippen molar-refractivity contribution in [2.24, 2.45) is 11.7 Å². The first-order valence-electron chi connectivity index (χ1n) is 7.89. The molecule has 1 aliphatic rings. The van der Waals surface area contributed by atoms with Gasteiger partial charge in [-0.2, -0.15) is 0 Å². The Labute approximate surface area is 131 Å². The van der Waals surface area contributed by atoms with E-state index in [1.54, 1.807) is 31.2 Å². The van der Waals surface area contributed by atoms with Crippen molar-refractivity contribution < 1.29 is 9.59 Å².